The lowest BCUT2D eigenvalue weighted by Gasteiger charge is -2.27. The third kappa shape index (κ3) is 4.33. The molecule has 3 rings (SSSR count). The molecule has 26 heavy (non-hydrogen) atoms. The first-order valence-corrected chi connectivity index (χ1v) is 8.75. The van der Waals surface area contributed by atoms with Crippen molar-refractivity contribution in [3.63, 3.8) is 0 Å². The van der Waals surface area contributed by atoms with Gasteiger partial charge in [-0.3, -0.25) is 4.79 Å². The molecule has 0 radical (unpaired) electrons. The lowest BCUT2D eigenvalue weighted by atomic mass is 10.1. The minimum Gasteiger partial charge on any atom is -0.476 e. The molecule has 1 aromatic carbocycles. The van der Waals surface area contributed by atoms with E-state index in [1.165, 1.54) is 6.20 Å². The summed E-state index contributed by atoms with van der Waals surface area (Å²) in [6, 6.07) is 9.97. The van der Waals surface area contributed by atoms with Crippen LogP contribution in [0.1, 0.15) is 52.2 Å². The first-order valence-electron chi connectivity index (χ1n) is 8.75. The highest BCUT2D eigenvalue weighted by molar-refractivity contribution is 5.93. The van der Waals surface area contributed by atoms with Gasteiger partial charge in [-0.05, 0) is 18.4 Å². The van der Waals surface area contributed by atoms with Gasteiger partial charge in [0, 0.05) is 6.54 Å². The van der Waals surface area contributed by atoms with Crippen LogP contribution in [-0.4, -0.2) is 44.4 Å². The number of aromatic carboxylic acids is 1. The third-order valence-corrected chi connectivity index (χ3v) is 4.46. The third-order valence-electron chi connectivity index (χ3n) is 4.46. The van der Waals surface area contributed by atoms with Gasteiger partial charge in [-0.25, -0.2) is 14.8 Å². The van der Waals surface area contributed by atoms with Gasteiger partial charge in [0.15, 0.2) is 5.69 Å². The Morgan fingerprint density at radius 1 is 1.04 bits per heavy atom. The van der Waals surface area contributed by atoms with E-state index < -0.39 is 5.97 Å². The van der Waals surface area contributed by atoms with Crippen LogP contribution in [0, 0.1) is 0 Å². The standard InChI is InChI=1S/C20H21N3O3/c24-19(17-13-22-18(14-21-17)20(25)26)23-12-6-2-5-9-16(23)11-10-15-7-3-1-4-8-15/h1,3-4,7-8,10-11,13-14,16H,2,5-6,9,12H2,(H,25,26)/b11-10+. The van der Waals surface area contributed by atoms with E-state index >= 15 is 0 Å². The summed E-state index contributed by atoms with van der Waals surface area (Å²) in [5.41, 5.74) is 1.10. The van der Waals surface area contributed by atoms with Crippen LogP contribution in [0.2, 0.25) is 0 Å². The number of likely N-dealkylation sites (tertiary alicyclic amines) is 1. The molecule has 0 saturated carbocycles. The highest BCUT2D eigenvalue weighted by Crippen LogP contribution is 2.20. The maximum atomic E-state index is 12.9. The molecular weight excluding hydrogens is 330 g/mol. The van der Waals surface area contributed by atoms with Crippen LogP contribution < -0.4 is 0 Å². The Hall–Kier alpha value is -3.02. The van der Waals surface area contributed by atoms with Crippen molar-refractivity contribution in [3.8, 4) is 0 Å². The predicted octanol–water partition coefficient (Wildman–Crippen LogP) is 3.27. The van der Waals surface area contributed by atoms with Gasteiger partial charge in [0.1, 0.15) is 5.69 Å². The molecule has 2 heterocycles. The lowest BCUT2D eigenvalue weighted by Crippen LogP contribution is -2.39. The maximum absolute atomic E-state index is 12.9. The van der Waals surface area contributed by atoms with Crippen molar-refractivity contribution >= 4 is 18.0 Å². The fourth-order valence-electron chi connectivity index (χ4n) is 3.07. The number of hydrogen-bond acceptors (Lipinski definition) is 4. The van der Waals surface area contributed by atoms with Crippen molar-refractivity contribution in [1.82, 2.24) is 14.9 Å². The summed E-state index contributed by atoms with van der Waals surface area (Å²) in [6.45, 7) is 0.658. The lowest BCUT2D eigenvalue weighted by molar-refractivity contribution is 0.0680. The molecular formula is C20H21N3O3. The van der Waals surface area contributed by atoms with Gasteiger partial charge in [-0.15, -0.1) is 0 Å². The fraction of sp³-hybridized carbons (Fsp3) is 0.300. The highest BCUT2D eigenvalue weighted by Gasteiger charge is 2.25. The molecule has 134 valence electrons. The monoisotopic (exact) mass is 351 g/mol. The van der Waals surface area contributed by atoms with E-state index in [1.807, 2.05) is 41.3 Å². The largest absolute Gasteiger partial charge is 0.476 e. The number of amides is 1. The molecule has 1 atom stereocenters. The van der Waals surface area contributed by atoms with Gasteiger partial charge in [-0.2, -0.15) is 0 Å². The van der Waals surface area contributed by atoms with Crippen LogP contribution in [0.25, 0.3) is 6.08 Å². The van der Waals surface area contributed by atoms with E-state index in [0.29, 0.717) is 6.54 Å². The number of rotatable bonds is 4. The van der Waals surface area contributed by atoms with Crippen molar-refractivity contribution < 1.29 is 14.7 Å². The number of nitrogens with zero attached hydrogens (tertiary/aromatic N) is 3. The summed E-state index contributed by atoms with van der Waals surface area (Å²) in [5.74, 6) is -1.37. The number of aromatic nitrogens is 2. The van der Waals surface area contributed by atoms with Crippen LogP contribution >= 0.6 is 0 Å². The Morgan fingerprint density at radius 2 is 1.77 bits per heavy atom. The van der Waals surface area contributed by atoms with Crippen LogP contribution in [0.4, 0.5) is 0 Å². The first-order chi connectivity index (χ1) is 12.6. The van der Waals surface area contributed by atoms with Crippen molar-refractivity contribution in [1.29, 1.82) is 0 Å². The SMILES string of the molecule is O=C(O)c1cnc(C(=O)N2CCCCCC2/C=C/c2ccccc2)cn1. The number of carbonyl (C=O) groups is 2. The van der Waals surface area contributed by atoms with E-state index in [1.54, 1.807) is 0 Å². The average molecular weight is 351 g/mol. The van der Waals surface area contributed by atoms with Crippen LogP contribution in [0.5, 0.6) is 0 Å². The summed E-state index contributed by atoms with van der Waals surface area (Å²) >= 11 is 0. The second-order valence-electron chi connectivity index (χ2n) is 6.28. The molecule has 0 aliphatic carbocycles. The summed E-state index contributed by atoms with van der Waals surface area (Å²) in [4.78, 5) is 33.4. The van der Waals surface area contributed by atoms with E-state index in [4.69, 9.17) is 5.11 Å². The fourth-order valence-corrected chi connectivity index (χ4v) is 3.07. The van der Waals surface area contributed by atoms with E-state index in [9.17, 15) is 9.59 Å². The zero-order valence-electron chi connectivity index (χ0n) is 14.4. The Kier molecular flexibility index (Phi) is 5.73. The quantitative estimate of drug-likeness (QED) is 0.914. The molecule has 1 fully saturated rings. The number of hydrogen-bond donors (Lipinski definition) is 1. The van der Waals surface area contributed by atoms with Gasteiger partial charge in [-0.1, -0.05) is 55.3 Å². The second-order valence-corrected chi connectivity index (χ2v) is 6.28. The molecule has 1 aliphatic heterocycles. The topological polar surface area (TPSA) is 83.4 Å². The molecule has 6 heteroatoms. The van der Waals surface area contributed by atoms with Gasteiger partial charge < -0.3 is 10.0 Å². The van der Waals surface area contributed by atoms with Gasteiger partial charge >= 0.3 is 5.97 Å². The molecule has 1 aromatic heterocycles. The van der Waals surface area contributed by atoms with Crippen molar-refractivity contribution in [2.24, 2.45) is 0 Å². The number of benzene rings is 1. The van der Waals surface area contributed by atoms with Gasteiger partial charge in [0.25, 0.3) is 5.91 Å². The van der Waals surface area contributed by atoms with Gasteiger partial charge in [0.05, 0.1) is 18.4 Å². The van der Waals surface area contributed by atoms with Crippen LogP contribution in [-0.2, 0) is 0 Å². The van der Waals surface area contributed by atoms with Gasteiger partial charge in [0.2, 0.25) is 0 Å². The first kappa shape index (κ1) is 17.8. The number of carbonyl (C=O) groups excluding carboxylic acids is 1. The minimum absolute atomic E-state index is 0.00819. The highest BCUT2D eigenvalue weighted by atomic mass is 16.4. The molecule has 6 nitrogen and oxygen atoms in total. The summed E-state index contributed by atoms with van der Waals surface area (Å²) < 4.78 is 0. The second kappa shape index (κ2) is 8.38. The molecule has 1 amide bonds. The molecule has 1 unspecified atom stereocenters. The van der Waals surface area contributed by atoms with Crippen LogP contribution in [0.15, 0.2) is 48.8 Å². The molecule has 0 bridgehead atoms. The van der Waals surface area contributed by atoms with Crippen molar-refractivity contribution in [2.45, 2.75) is 31.7 Å². The minimum atomic E-state index is -1.16. The number of carboxylic acids is 1. The molecule has 1 saturated heterocycles. The molecule has 2 aromatic rings. The average Bonchev–Trinajstić information content (AvgIpc) is 2.92. The smallest absolute Gasteiger partial charge is 0.356 e. The summed E-state index contributed by atoms with van der Waals surface area (Å²) in [6.07, 6.45) is 10.5. The Labute approximate surface area is 152 Å². The van der Waals surface area contributed by atoms with Crippen molar-refractivity contribution in [2.75, 3.05) is 6.54 Å². The Morgan fingerprint density at radius 3 is 2.46 bits per heavy atom. The van der Waals surface area contributed by atoms with Crippen molar-refractivity contribution in [3.05, 3.63) is 65.8 Å². The van der Waals surface area contributed by atoms with E-state index in [2.05, 4.69) is 16.0 Å². The van der Waals surface area contributed by atoms with Crippen LogP contribution in [0.3, 0.4) is 0 Å². The summed E-state index contributed by atoms with van der Waals surface area (Å²) in [5, 5.41) is 8.91. The maximum Gasteiger partial charge on any atom is 0.356 e. The predicted molar refractivity (Wildman–Crippen MR) is 97.8 cm³/mol. The molecule has 0 spiro atoms. The normalized spacial score (nSPS) is 17.8. The molecule has 1 N–H and O–H groups in total. The zero-order valence-corrected chi connectivity index (χ0v) is 14.4. The Balaban J connectivity index is 1.80. The van der Waals surface area contributed by atoms with E-state index in [0.717, 1.165) is 37.4 Å². The Bertz CT molecular complexity index is 788. The van der Waals surface area contributed by atoms with E-state index in [-0.39, 0.29) is 23.3 Å². The zero-order chi connectivity index (χ0) is 18.4. The number of carboxylic acid groups (broad SMARTS) is 1. The molecule has 1 aliphatic rings. The summed E-state index contributed by atoms with van der Waals surface area (Å²) in [7, 11) is 0.